The van der Waals surface area contributed by atoms with E-state index in [1.54, 1.807) is 19.2 Å². The van der Waals surface area contributed by atoms with Gasteiger partial charge in [0, 0.05) is 0 Å². The van der Waals surface area contributed by atoms with Crippen LogP contribution in [-0.4, -0.2) is 25.4 Å². The van der Waals surface area contributed by atoms with Crippen LogP contribution in [0.2, 0.25) is 0 Å². The number of carboxylic acid groups (broad SMARTS) is 1. The van der Waals surface area contributed by atoms with Gasteiger partial charge in [0.1, 0.15) is 11.5 Å². The molecule has 104 valence electrons. The molecule has 2 N–H and O–H groups in total. The number of rotatable bonds is 4. The molecule has 0 aliphatic rings. The Morgan fingerprint density at radius 2 is 1.80 bits per heavy atom. The van der Waals surface area contributed by atoms with Crippen LogP contribution in [0.1, 0.15) is 0 Å². The van der Waals surface area contributed by atoms with Gasteiger partial charge >= 0.3 is 6.09 Å². The lowest BCUT2D eigenvalue weighted by Crippen LogP contribution is -2.08. The molecule has 2 rings (SSSR count). The third kappa shape index (κ3) is 3.00. The van der Waals surface area contributed by atoms with Crippen molar-refractivity contribution in [1.82, 2.24) is 0 Å². The fourth-order valence-electron chi connectivity index (χ4n) is 1.89. The van der Waals surface area contributed by atoms with E-state index >= 15 is 0 Å². The molecule has 0 saturated heterocycles. The lowest BCUT2D eigenvalue weighted by Gasteiger charge is -2.11. The van der Waals surface area contributed by atoms with Crippen molar-refractivity contribution in [2.75, 3.05) is 19.5 Å². The van der Waals surface area contributed by atoms with E-state index in [4.69, 9.17) is 14.6 Å². The fourth-order valence-corrected chi connectivity index (χ4v) is 1.89. The molecule has 0 spiro atoms. The van der Waals surface area contributed by atoms with Crippen molar-refractivity contribution in [3.05, 3.63) is 42.5 Å². The summed E-state index contributed by atoms with van der Waals surface area (Å²) in [4.78, 5) is 10.7. The monoisotopic (exact) mass is 273 g/mol. The number of methoxy groups -OCH3 is 2. The standard InChI is InChI=1S/C15H15NO4/c1-19-12-5-3-4-10(8-12)11-6-7-13(16-15(17)18)14(9-11)20-2/h3-9,16H,1-2H3,(H,17,18). The van der Waals surface area contributed by atoms with Crippen LogP contribution < -0.4 is 14.8 Å². The third-order valence-electron chi connectivity index (χ3n) is 2.85. The molecule has 0 aromatic heterocycles. The van der Waals surface area contributed by atoms with Gasteiger partial charge in [0.2, 0.25) is 0 Å². The van der Waals surface area contributed by atoms with Crippen LogP contribution in [0.4, 0.5) is 10.5 Å². The molecule has 2 aromatic carbocycles. The zero-order valence-corrected chi connectivity index (χ0v) is 11.2. The Labute approximate surface area is 116 Å². The lowest BCUT2D eigenvalue weighted by molar-refractivity contribution is 0.209. The Bertz CT molecular complexity index is 625. The largest absolute Gasteiger partial charge is 0.497 e. The zero-order chi connectivity index (χ0) is 14.5. The molecule has 0 radical (unpaired) electrons. The van der Waals surface area contributed by atoms with Crippen molar-refractivity contribution in [2.24, 2.45) is 0 Å². The van der Waals surface area contributed by atoms with Crippen LogP contribution in [0.25, 0.3) is 11.1 Å². The maximum Gasteiger partial charge on any atom is 0.409 e. The summed E-state index contributed by atoms with van der Waals surface area (Å²) in [6.07, 6.45) is -1.13. The van der Waals surface area contributed by atoms with Gasteiger partial charge in [-0.3, -0.25) is 5.32 Å². The van der Waals surface area contributed by atoms with Crippen LogP contribution in [-0.2, 0) is 0 Å². The first kappa shape index (κ1) is 13.7. The topological polar surface area (TPSA) is 67.8 Å². The average molecular weight is 273 g/mol. The molecule has 1 amide bonds. The second kappa shape index (κ2) is 5.97. The van der Waals surface area contributed by atoms with Gasteiger partial charge in [0.15, 0.2) is 0 Å². The summed E-state index contributed by atoms with van der Waals surface area (Å²) in [5.74, 6) is 1.22. The van der Waals surface area contributed by atoms with Crippen molar-refractivity contribution >= 4 is 11.8 Å². The minimum Gasteiger partial charge on any atom is -0.497 e. The summed E-state index contributed by atoms with van der Waals surface area (Å²) in [5.41, 5.74) is 2.29. The van der Waals surface area contributed by atoms with Gasteiger partial charge in [-0.05, 0) is 35.4 Å². The first-order valence-corrected chi connectivity index (χ1v) is 5.96. The molecule has 5 heteroatoms. The molecule has 20 heavy (non-hydrogen) atoms. The molecule has 5 nitrogen and oxygen atoms in total. The lowest BCUT2D eigenvalue weighted by atomic mass is 10.0. The van der Waals surface area contributed by atoms with Crippen molar-refractivity contribution in [1.29, 1.82) is 0 Å². The fraction of sp³-hybridized carbons (Fsp3) is 0.133. The normalized spacial score (nSPS) is 9.90. The van der Waals surface area contributed by atoms with E-state index in [0.717, 1.165) is 16.9 Å². The Morgan fingerprint density at radius 3 is 2.45 bits per heavy atom. The van der Waals surface area contributed by atoms with E-state index in [2.05, 4.69) is 5.32 Å². The van der Waals surface area contributed by atoms with E-state index in [-0.39, 0.29) is 0 Å². The SMILES string of the molecule is COc1cccc(-c2ccc(NC(=O)O)c(OC)c2)c1. The number of benzene rings is 2. The maximum absolute atomic E-state index is 10.7. The molecule has 0 unspecified atom stereocenters. The number of carbonyl (C=O) groups is 1. The highest BCUT2D eigenvalue weighted by Crippen LogP contribution is 2.32. The third-order valence-corrected chi connectivity index (χ3v) is 2.85. The second-order valence-corrected chi connectivity index (χ2v) is 4.08. The Morgan fingerprint density at radius 1 is 1.05 bits per heavy atom. The minimum atomic E-state index is -1.13. The highest BCUT2D eigenvalue weighted by Gasteiger charge is 2.08. The minimum absolute atomic E-state index is 0.409. The number of ether oxygens (including phenoxy) is 2. The molecule has 0 bridgehead atoms. The summed E-state index contributed by atoms with van der Waals surface area (Å²) in [7, 11) is 3.11. The van der Waals surface area contributed by atoms with Gasteiger partial charge in [-0.15, -0.1) is 0 Å². The highest BCUT2D eigenvalue weighted by atomic mass is 16.5. The van der Waals surface area contributed by atoms with Gasteiger partial charge in [-0.25, -0.2) is 4.79 Å². The van der Waals surface area contributed by atoms with Crippen LogP contribution in [0, 0.1) is 0 Å². The van der Waals surface area contributed by atoms with Crippen LogP contribution in [0.5, 0.6) is 11.5 Å². The van der Waals surface area contributed by atoms with Gasteiger partial charge in [0.25, 0.3) is 0 Å². The van der Waals surface area contributed by atoms with E-state index in [1.807, 2.05) is 30.3 Å². The zero-order valence-electron chi connectivity index (χ0n) is 11.2. The van der Waals surface area contributed by atoms with Crippen LogP contribution in [0.3, 0.4) is 0 Å². The summed E-state index contributed by atoms with van der Waals surface area (Å²) in [6.45, 7) is 0. The van der Waals surface area contributed by atoms with Gasteiger partial charge < -0.3 is 14.6 Å². The summed E-state index contributed by atoms with van der Waals surface area (Å²) >= 11 is 0. The predicted molar refractivity (Wildman–Crippen MR) is 76.6 cm³/mol. The molecule has 0 aliphatic heterocycles. The summed E-state index contributed by atoms with van der Waals surface area (Å²) < 4.78 is 10.4. The molecule has 2 aromatic rings. The molecule has 0 saturated carbocycles. The molecule has 0 fully saturated rings. The number of nitrogens with one attached hydrogen (secondary N) is 1. The quantitative estimate of drug-likeness (QED) is 0.895. The summed E-state index contributed by atoms with van der Waals surface area (Å²) in [5, 5.41) is 11.1. The maximum atomic E-state index is 10.7. The van der Waals surface area contributed by atoms with Crippen LogP contribution >= 0.6 is 0 Å². The number of hydrogen-bond donors (Lipinski definition) is 2. The number of amides is 1. The van der Waals surface area contributed by atoms with Crippen molar-refractivity contribution in [2.45, 2.75) is 0 Å². The van der Waals surface area contributed by atoms with Crippen LogP contribution in [0.15, 0.2) is 42.5 Å². The number of hydrogen-bond acceptors (Lipinski definition) is 3. The Balaban J connectivity index is 2.40. The molecular formula is C15H15NO4. The molecular weight excluding hydrogens is 258 g/mol. The average Bonchev–Trinajstić information content (AvgIpc) is 2.47. The van der Waals surface area contributed by atoms with Gasteiger partial charge in [-0.2, -0.15) is 0 Å². The molecule has 0 atom stereocenters. The second-order valence-electron chi connectivity index (χ2n) is 4.08. The van der Waals surface area contributed by atoms with E-state index in [1.165, 1.54) is 7.11 Å². The first-order chi connectivity index (χ1) is 9.63. The van der Waals surface area contributed by atoms with Gasteiger partial charge in [-0.1, -0.05) is 18.2 Å². The van der Waals surface area contributed by atoms with Crippen molar-refractivity contribution in [3.8, 4) is 22.6 Å². The van der Waals surface area contributed by atoms with Gasteiger partial charge in [0.05, 0.1) is 19.9 Å². The van der Waals surface area contributed by atoms with Crippen molar-refractivity contribution in [3.63, 3.8) is 0 Å². The molecule has 0 heterocycles. The number of anilines is 1. The van der Waals surface area contributed by atoms with E-state index in [9.17, 15) is 4.79 Å². The predicted octanol–water partition coefficient (Wildman–Crippen LogP) is 3.46. The Kier molecular flexibility index (Phi) is 4.10. The van der Waals surface area contributed by atoms with E-state index < -0.39 is 6.09 Å². The Hall–Kier alpha value is -2.69. The first-order valence-electron chi connectivity index (χ1n) is 5.96. The smallest absolute Gasteiger partial charge is 0.409 e. The van der Waals surface area contributed by atoms with Crippen molar-refractivity contribution < 1.29 is 19.4 Å². The summed E-state index contributed by atoms with van der Waals surface area (Å²) in [6, 6.07) is 12.9. The van der Waals surface area contributed by atoms with E-state index in [0.29, 0.717) is 11.4 Å². The molecule has 0 aliphatic carbocycles. The highest BCUT2D eigenvalue weighted by molar-refractivity contribution is 5.86.